The lowest BCUT2D eigenvalue weighted by atomic mass is 9.44. The molecule has 5 heteroatoms. The van der Waals surface area contributed by atoms with Crippen molar-refractivity contribution in [2.75, 3.05) is 0 Å². The van der Waals surface area contributed by atoms with E-state index in [1.54, 1.807) is 0 Å². The molecule has 4 saturated carbocycles. The predicted octanol–water partition coefficient (Wildman–Crippen LogP) is 6.67. The number of halogens is 1. The van der Waals surface area contributed by atoms with E-state index < -0.39 is 5.60 Å². The number of aliphatic hydroxyl groups is 1. The number of hydrogen-bond acceptors (Lipinski definition) is 3. The number of nitrogens with zero attached hydrogens (tertiary/aromatic N) is 2. The molecule has 0 radical (unpaired) electrons. The summed E-state index contributed by atoms with van der Waals surface area (Å²) < 4.78 is 1.83. The van der Waals surface area contributed by atoms with Crippen LogP contribution < -0.4 is 0 Å². The van der Waals surface area contributed by atoms with Gasteiger partial charge in [-0.05, 0) is 117 Å². The number of fused-ring (bicyclic) bond motifs is 6. The Morgan fingerprint density at radius 2 is 1.85 bits per heavy atom. The number of carbonyl (C=O) groups excluding carboxylic acids is 1. The summed E-state index contributed by atoms with van der Waals surface area (Å²) in [5.41, 5.74) is 0.865. The van der Waals surface area contributed by atoms with Gasteiger partial charge in [0.1, 0.15) is 0 Å². The summed E-state index contributed by atoms with van der Waals surface area (Å²) in [6.07, 6.45) is 12.2. The van der Waals surface area contributed by atoms with E-state index in [0.29, 0.717) is 34.6 Å². The van der Waals surface area contributed by atoms with Crippen LogP contribution in [0.2, 0.25) is 5.02 Å². The molecule has 4 aliphatic rings. The highest BCUT2D eigenvalue weighted by Gasteiger charge is 2.61. The number of Topliss-reactive ketones (excluding diaryl/α,β-unsaturated/α-hetero) is 1. The first-order valence-corrected chi connectivity index (χ1v) is 13.8. The average molecular weight is 483 g/mol. The van der Waals surface area contributed by atoms with Gasteiger partial charge in [-0.2, -0.15) is 5.10 Å². The van der Waals surface area contributed by atoms with Crippen molar-refractivity contribution in [3.63, 3.8) is 0 Å². The molecule has 1 heterocycles. The van der Waals surface area contributed by atoms with Gasteiger partial charge in [-0.1, -0.05) is 25.4 Å². The number of rotatable bonds is 3. The highest BCUT2D eigenvalue weighted by atomic mass is 35.5. The van der Waals surface area contributed by atoms with Gasteiger partial charge in [-0.25, -0.2) is 0 Å². The lowest BCUT2D eigenvalue weighted by Crippen LogP contribution is -2.55. The lowest BCUT2D eigenvalue weighted by Gasteiger charge is -2.61. The molecule has 6 rings (SSSR count). The summed E-state index contributed by atoms with van der Waals surface area (Å²) in [5.74, 6) is 3.33. The first-order valence-electron chi connectivity index (χ1n) is 13.5. The fourth-order valence-electron chi connectivity index (χ4n) is 9.35. The van der Waals surface area contributed by atoms with Crippen molar-refractivity contribution in [3.8, 4) is 0 Å². The number of hydrogen-bond donors (Lipinski definition) is 1. The number of benzene rings is 1. The summed E-state index contributed by atoms with van der Waals surface area (Å²) in [5, 5.41) is 17.1. The molecular formula is C29H39ClN2O2. The minimum Gasteiger partial charge on any atom is -0.390 e. The van der Waals surface area contributed by atoms with Gasteiger partial charge in [-0.15, -0.1) is 0 Å². The Labute approximate surface area is 208 Å². The fraction of sp³-hybridized carbons (Fsp3) is 0.724. The third-order valence-electron chi connectivity index (χ3n) is 11.2. The Kier molecular flexibility index (Phi) is 5.29. The smallest absolute Gasteiger partial charge is 0.157 e. The highest BCUT2D eigenvalue weighted by Crippen LogP contribution is 2.68. The lowest BCUT2D eigenvalue weighted by molar-refractivity contribution is -0.151. The molecule has 0 aliphatic heterocycles. The Balaban J connectivity index is 1.20. The molecule has 0 saturated heterocycles. The number of aromatic nitrogens is 2. The fourth-order valence-corrected chi connectivity index (χ4v) is 9.52. The summed E-state index contributed by atoms with van der Waals surface area (Å²) in [6.45, 7) is 7.38. The Morgan fingerprint density at radius 3 is 2.68 bits per heavy atom. The van der Waals surface area contributed by atoms with Crippen LogP contribution in [0.3, 0.4) is 0 Å². The van der Waals surface area contributed by atoms with E-state index in [4.69, 9.17) is 11.6 Å². The second kappa shape index (κ2) is 7.80. The molecule has 184 valence electrons. The molecule has 1 aromatic heterocycles. The third kappa shape index (κ3) is 3.50. The SMILES string of the molecule is C[C@@]1(O)CC[C@@]2(C)[C@H](CCC3[C@@H]2CC[C@]2(C)[C@@H](C(=O)Cn4cc5ccc(Cl)cc5n4)CC[C@@H]32)C1. The third-order valence-corrected chi connectivity index (χ3v) is 11.4. The van der Waals surface area contributed by atoms with E-state index in [9.17, 15) is 9.90 Å². The largest absolute Gasteiger partial charge is 0.390 e. The zero-order valence-corrected chi connectivity index (χ0v) is 21.7. The molecular weight excluding hydrogens is 444 g/mol. The normalized spacial score (nSPS) is 43.9. The average Bonchev–Trinajstić information content (AvgIpc) is 3.33. The molecule has 1 unspecified atom stereocenters. The van der Waals surface area contributed by atoms with Crippen LogP contribution in [0.1, 0.15) is 78.6 Å². The van der Waals surface area contributed by atoms with Crippen molar-refractivity contribution < 1.29 is 9.90 Å². The monoisotopic (exact) mass is 482 g/mol. The van der Waals surface area contributed by atoms with Crippen molar-refractivity contribution in [1.82, 2.24) is 9.78 Å². The van der Waals surface area contributed by atoms with Gasteiger partial charge in [0.25, 0.3) is 0 Å². The van der Waals surface area contributed by atoms with Crippen molar-refractivity contribution in [2.24, 2.45) is 40.4 Å². The maximum atomic E-state index is 13.6. The standard InChI is InChI=1S/C29H39ClN2O2/c1-27(34)12-13-28(2)19(15-27)5-7-21-22-8-9-24(29(22,3)11-10-23(21)28)26(33)17-32-16-18-4-6-20(30)14-25(18)31-32/h4,6,14,16,19,21-24,34H,5,7-13,15,17H2,1-3H3/t19-,21?,22+,23+,24-,27-,28+,29+/m1/s1. The Bertz CT molecular complexity index is 1120. The Morgan fingerprint density at radius 1 is 1.06 bits per heavy atom. The van der Waals surface area contributed by atoms with Crippen molar-refractivity contribution >= 4 is 28.3 Å². The van der Waals surface area contributed by atoms with E-state index in [-0.39, 0.29) is 11.3 Å². The molecule has 2 aromatic rings. The molecule has 4 aliphatic carbocycles. The second-order valence-corrected chi connectivity index (χ2v) is 13.5. The molecule has 0 amide bonds. The zero-order valence-electron chi connectivity index (χ0n) is 20.9. The molecule has 8 atom stereocenters. The first-order chi connectivity index (χ1) is 16.1. The van der Waals surface area contributed by atoms with E-state index in [2.05, 4.69) is 18.9 Å². The molecule has 1 N–H and O–H groups in total. The molecule has 4 fully saturated rings. The van der Waals surface area contributed by atoms with Gasteiger partial charge in [0.15, 0.2) is 5.78 Å². The maximum Gasteiger partial charge on any atom is 0.157 e. The summed E-state index contributed by atoms with van der Waals surface area (Å²) in [7, 11) is 0. The topological polar surface area (TPSA) is 55.1 Å². The highest BCUT2D eigenvalue weighted by molar-refractivity contribution is 6.31. The van der Waals surface area contributed by atoms with Gasteiger partial charge in [0.2, 0.25) is 0 Å². The van der Waals surface area contributed by atoms with Gasteiger partial charge in [-0.3, -0.25) is 9.48 Å². The Hall–Kier alpha value is -1.39. The minimum atomic E-state index is -0.478. The van der Waals surface area contributed by atoms with Crippen LogP contribution in [0.15, 0.2) is 24.4 Å². The summed E-state index contributed by atoms with van der Waals surface area (Å²) in [6, 6.07) is 5.72. The van der Waals surface area contributed by atoms with Crippen LogP contribution in [0.25, 0.3) is 10.9 Å². The maximum absolute atomic E-state index is 13.6. The number of carbonyl (C=O) groups is 1. The number of ketones is 1. The van der Waals surface area contributed by atoms with Crippen LogP contribution in [-0.2, 0) is 11.3 Å². The van der Waals surface area contributed by atoms with Gasteiger partial charge in [0, 0.05) is 22.5 Å². The van der Waals surface area contributed by atoms with Crippen molar-refractivity contribution in [3.05, 3.63) is 29.4 Å². The first kappa shape index (κ1) is 23.0. The van der Waals surface area contributed by atoms with Crippen molar-refractivity contribution in [1.29, 1.82) is 0 Å². The molecule has 0 spiro atoms. The second-order valence-electron chi connectivity index (χ2n) is 13.0. The van der Waals surface area contributed by atoms with Crippen LogP contribution in [0.4, 0.5) is 0 Å². The molecule has 0 bridgehead atoms. The van der Waals surface area contributed by atoms with E-state index in [0.717, 1.165) is 48.4 Å². The summed E-state index contributed by atoms with van der Waals surface area (Å²) in [4.78, 5) is 13.6. The van der Waals surface area contributed by atoms with Crippen LogP contribution in [0, 0.1) is 40.4 Å². The van der Waals surface area contributed by atoms with Gasteiger partial charge < -0.3 is 5.11 Å². The van der Waals surface area contributed by atoms with Gasteiger partial charge in [0.05, 0.1) is 17.7 Å². The van der Waals surface area contributed by atoms with Crippen molar-refractivity contribution in [2.45, 2.75) is 90.7 Å². The van der Waals surface area contributed by atoms with E-state index >= 15 is 0 Å². The van der Waals surface area contributed by atoms with Crippen LogP contribution in [0.5, 0.6) is 0 Å². The quantitative estimate of drug-likeness (QED) is 0.531. The molecule has 4 nitrogen and oxygen atoms in total. The molecule has 34 heavy (non-hydrogen) atoms. The zero-order chi connectivity index (χ0) is 23.9. The summed E-state index contributed by atoms with van der Waals surface area (Å²) >= 11 is 6.13. The predicted molar refractivity (Wildman–Crippen MR) is 136 cm³/mol. The minimum absolute atomic E-state index is 0.123. The van der Waals surface area contributed by atoms with Crippen LogP contribution >= 0.6 is 11.6 Å². The van der Waals surface area contributed by atoms with Crippen LogP contribution in [-0.4, -0.2) is 26.3 Å². The van der Waals surface area contributed by atoms with E-state index in [1.807, 2.05) is 36.0 Å². The van der Waals surface area contributed by atoms with Gasteiger partial charge >= 0.3 is 0 Å². The molecule has 1 aromatic carbocycles. The van der Waals surface area contributed by atoms with E-state index in [1.165, 1.54) is 32.1 Å².